The fourth-order valence-electron chi connectivity index (χ4n) is 1.90. The highest BCUT2D eigenvalue weighted by atomic mass is 32.2. The van der Waals surface area contributed by atoms with Crippen LogP contribution in [0.3, 0.4) is 0 Å². The van der Waals surface area contributed by atoms with E-state index in [0.717, 1.165) is 23.2 Å². The zero-order valence-electron chi connectivity index (χ0n) is 12.5. The molecular weight excluding hydrogens is 270 g/mol. The van der Waals surface area contributed by atoms with Gasteiger partial charge in [0.15, 0.2) is 0 Å². The Morgan fingerprint density at radius 2 is 1.74 bits per heavy atom. The van der Waals surface area contributed by atoms with Gasteiger partial charge in [0.05, 0.1) is 0 Å². The molecule has 0 saturated carbocycles. The Kier molecular flexibility index (Phi) is 7.47. The van der Waals surface area contributed by atoms with Gasteiger partial charge in [-0.2, -0.15) is 0 Å². The van der Waals surface area contributed by atoms with Gasteiger partial charge in [0.25, 0.3) is 0 Å². The molecule has 1 rings (SSSR count). The van der Waals surface area contributed by atoms with Crippen LogP contribution in [0.25, 0.3) is 0 Å². The van der Waals surface area contributed by atoms with E-state index in [0.29, 0.717) is 5.92 Å². The minimum atomic E-state index is 0.651. The van der Waals surface area contributed by atoms with Crippen molar-refractivity contribution in [2.45, 2.75) is 45.8 Å². The van der Waals surface area contributed by atoms with E-state index in [1.807, 2.05) is 0 Å². The maximum atomic E-state index is 5.45. The van der Waals surface area contributed by atoms with Gasteiger partial charge in [-0.3, -0.25) is 0 Å². The molecule has 0 radical (unpaired) electrons. The molecule has 1 nitrogen and oxygen atoms in total. The molecule has 3 heteroatoms. The molecule has 0 spiro atoms. The monoisotopic (exact) mass is 295 g/mol. The van der Waals surface area contributed by atoms with Gasteiger partial charge < -0.3 is 4.90 Å². The van der Waals surface area contributed by atoms with Crippen molar-refractivity contribution >= 4 is 28.3 Å². The normalized spacial score (nSPS) is 12.2. The lowest BCUT2D eigenvalue weighted by molar-refractivity contribution is 0.482. The largest absolute Gasteiger partial charge is 0.358 e. The molecule has 0 N–H and O–H groups in total. The van der Waals surface area contributed by atoms with E-state index in [2.05, 4.69) is 56.9 Å². The van der Waals surface area contributed by atoms with Crippen LogP contribution in [0.4, 0.5) is 0 Å². The third-order valence-corrected chi connectivity index (χ3v) is 5.14. The SMILES string of the molecule is CCC(C)c1ccc(CSC(=S)N(CC)CC)cc1. The Bertz CT molecular complexity index is 382. The van der Waals surface area contributed by atoms with Crippen molar-refractivity contribution in [3.05, 3.63) is 35.4 Å². The van der Waals surface area contributed by atoms with E-state index in [9.17, 15) is 0 Å². The van der Waals surface area contributed by atoms with Crippen molar-refractivity contribution in [1.82, 2.24) is 4.90 Å². The van der Waals surface area contributed by atoms with Crippen molar-refractivity contribution in [1.29, 1.82) is 0 Å². The molecule has 0 aromatic heterocycles. The Morgan fingerprint density at radius 1 is 1.16 bits per heavy atom. The molecular formula is C16H25NS2. The van der Waals surface area contributed by atoms with Crippen LogP contribution >= 0.6 is 24.0 Å². The number of nitrogens with zero attached hydrogens (tertiary/aromatic N) is 1. The van der Waals surface area contributed by atoms with Crippen LogP contribution in [0.1, 0.15) is 51.2 Å². The van der Waals surface area contributed by atoms with Crippen LogP contribution in [0.2, 0.25) is 0 Å². The van der Waals surface area contributed by atoms with Crippen molar-refractivity contribution in [2.24, 2.45) is 0 Å². The maximum Gasteiger partial charge on any atom is 0.136 e. The van der Waals surface area contributed by atoms with Gasteiger partial charge in [-0.15, -0.1) is 0 Å². The summed E-state index contributed by atoms with van der Waals surface area (Å²) in [4.78, 5) is 2.23. The molecule has 0 aliphatic rings. The lowest BCUT2D eigenvalue weighted by Gasteiger charge is -2.20. The third-order valence-electron chi connectivity index (χ3n) is 3.55. The van der Waals surface area contributed by atoms with E-state index < -0.39 is 0 Å². The van der Waals surface area contributed by atoms with Gasteiger partial charge in [-0.25, -0.2) is 0 Å². The van der Waals surface area contributed by atoms with Crippen LogP contribution < -0.4 is 0 Å². The van der Waals surface area contributed by atoms with Gasteiger partial charge in [0, 0.05) is 18.8 Å². The highest BCUT2D eigenvalue weighted by Crippen LogP contribution is 2.21. The van der Waals surface area contributed by atoms with E-state index in [1.54, 1.807) is 11.8 Å². The highest BCUT2D eigenvalue weighted by molar-refractivity contribution is 8.22. The summed E-state index contributed by atoms with van der Waals surface area (Å²) >= 11 is 7.21. The minimum Gasteiger partial charge on any atom is -0.358 e. The summed E-state index contributed by atoms with van der Waals surface area (Å²) in [6.45, 7) is 10.8. The number of benzene rings is 1. The first-order valence-corrected chi connectivity index (χ1v) is 8.52. The third kappa shape index (κ3) is 5.15. The maximum absolute atomic E-state index is 5.45. The average Bonchev–Trinajstić information content (AvgIpc) is 2.46. The molecule has 1 aromatic carbocycles. The predicted molar refractivity (Wildman–Crippen MR) is 92.0 cm³/mol. The lowest BCUT2D eigenvalue weighted by atomic mass is 9.98. The molecule has 1 unspecified atom stereocenters. The number of hydrogen-bond acceptors (Lipinski definition) is 2. The van der Waals surface area contributed by atoms with Crippen molar-refractivity contribution in [2.75, 3.05) is 13.1 Å². The molecule has 1 atom stereocenters. The van der Waals surface area contributed by atoms with Gasteiger partial charge >= 0.3 is 0 Å². The second-order valence-electron chi connectivity index (χ2n) is 4.78. The lowest BCUT2D eigenvalue weighted by Crippen LogP contribution is -2.26. The van der Waals surface area contributed by atoms with Crippen molar-refractivity contribution < 1.29 is 0 Å². The summed E-state index contributed by atoms with van der Waals surface area (Å²) in [5.74, 6) is 1.62. The minimum absolute atomic E-state index is 0.651. The van der Waals surface area contributed by atoms with E-state index in [4.69, 9.17) is 12.2 Å². The summed E-state index contributed by atoms with van der Waals surface area (Å²) in [6, 6.07) is 8.98. The van der Waals surface area contributed by atoms with Crippen LogP contribution in [-0.2, 0) is 5.75 Å². The van der Waals surface area contributed by atoms with Crippen molar-refractivity contribution in [3.8, 4) is 0 Å². The van der Waals surface area contributed by atoms with Crippen LogP contribution in [0.5, 0.6) is 0 Å². The molecule has 0 aliphatic carbocycles. The summed E-state index contributed by atoms with van der Waals surface area (Å²) < 4.78 is 1.01. The molecule has 0 aliphatic heterocycles. The number of rotatable bonds is 6. The Balaban J connectivity index is 2.52. The Labute approximate surface area is 127 Å². The molecule has 0 saturated heterocycles. The summed E-state index contributed by atoms with van der Waals surface area (Å²) in [6.07, 6.45) is 1.19. The quantitative estimate of drug-likeness (QED) is 0.675. The number of thioether (sulfide) groups is 1. The average molecular weight is 296 g/mol. The van der Waals surface area contributed by atoms with E-state index >= 15 is 0 Å². The first kappa shape index (κ1) is 16.5. The van der Waals surface area contributed by atoms with E-state index in [1.165, 1.54) is 17.5 Å². The molecule has 0 fully saturated rings. The second-order valence-corrected chi connectivity index (χ2v) is 6.39. The fourth-order valence-corrected chi connectivity index (χ4v) is 3.25. The molecule has 106 valence electrons. The fraction of sp³-hybridized carbons (Fsp3) is 0.562. The number of thiocarbonyl (C=S) groups is 1. The Hall–Kier alpha value is -0.540. The van der Waals surface area contributed by atoms with Gasteiger partial charge in [0.2, 0.25) is 0 Å². The molecule has 1 aromatic rings. The van der Waals surface area contributed by atoms with Crippen LogP contribution in [-0.4, -0.2) is 22.3 Å². The number of hydrogen-bond donors (Lipinski definition) is 0. The van der Waals surface area contributed by atoms with E-state index in [-0.39, 0.29) is 0 Å². The molecule has 0 bridgehead atoms. The summed E-state index contributed by atoms with van der Waals surface area (Å²) in [7, 11) is 0. The zero-order chi connectivity index (χ0) is 14.3. The van der Waals surface area contributed by atoms with Gasteiger partial charge in [0.1, 0.15) is 4.32 Å². The highest BCUT2D eigenvalue weighted by Gasteiger charge is 2.07. The molecule has 0 heterocycles. The second kappa shape index (κ2) is 8.60. The van der Waals surface area contributed by atoms with Crippen LogP contribution in [0.15, 0.2) is 24.3 Å². The molecule has 0 amide bonds. The standard InChI is InChI=1S/C16H25NS2/c1-5-13(4)15-10-8-14(9-11-15)12-19-16(18)17(6-2)7-3/h8-11,13H,5-7,12H2,1-4H3. The summed E-state index contributed by atoms with van der Waals surface area (Å²) in [5.41, 5.74) is 2.79. The van der Waals surface area contributed by atoms with Crippen LogP contribution in [0, 0.1) is 0 Å². The van der Waals surface area contributed by atoms with Crippen molar-refractivity contribution in [3.63, 3.8) is 0 Å². The zero-order valence-corrected chi connectivity index (χ0v) is 14.1. The predicted octanol–water partition coefficient (Wildman–Crippen LogP) is 5.06. The molecule has 19 heavy (non-hydrogen) atoms. The Morgan fingerprint density at radius 3 is 2.21 bits per heavy atom. The first-order chi connectivity index (χ1) is 9.12. The smallest absolute Gasteiger partial charge is 0.136 e. The first-order valence-electron chi connectivity index (χ1n) is 7.12. The summed E-state index contributed by atoms with van der Waals surface area (Å²) in [5, 5.41) is 0. The van der Waals surface area contributed by atoms with Gasteiger partial charge in [-0.1, -0.05) is 62.1 Å². The topological polar surface area (TPSA) is 3.24 Å². The van der Waals surface area contributed by atoms with Gasteiger partial charge in [-0.05, 0) is 37.3 Å².